The summed E-state index contributed by atoms with van der Waals surface area (Å²) in [6.45, 7) is 5.12. The van der Waals surface area contributed by atoms with Crippen LogP contribution in [0.3, 0.4) is 0 Å². The molecule has 0 radical (unpaired) electrons. The van der Waals surface area contributed by atoms with Crippen molar-refractivity contribution in [1.29, 1.82) is 0 Å². The highest BCUT2D eigenvalue weighted by atomic mass is 19.1. The molecule has 2 heteroatoms. The molecule has 0 aliphatic heterocycles. The standard InChI is InChI=1S/C16H24FN/c1-3-18-16-8-6-4-5-7-15(16)13-9-12(2)10-14(17)11-13/h9-11,15-16,18H,3-8H2,1-2H3. The fourth-order valence-electron chi connectivity index (χ4n) is 3.19. The van der Waals surface area contributed by atoms with Crippen molar-refractivity contribution < 1.29 is 4.39 Å². The molecule has 18 heavy (non-hydrogen) atoms. The molecule has 1 aliphatic carbocycles. The number of nitrogens with one attached hydrogen (secondary N) is 1. The van der Waals surface area contributed by atoms with Crippen LogP contribution in [0.25, 0.3) is 0 Å². The molecule has 1 fully saturated rings. The molecule has 0 amide bonds. The summed E-state index contributed by atoms with van der Waals surface area (Å²) >= 11 is 0. The number of hydrogen-bond donors (Lipinski definition) is 1. The molecule has 1 saturated carbocycles. The lowest BCUT2D eigenvalue weighted by Gasteiger charge is -2.26. The molecule has 2 unspecified atom stereocenters. The Kier molecular flexibility index (Phi) is 4.76. The molecule has 2 atom stereocenters. The van der Waals surface area contributed by atoms with Crippen molar-refractivity contribution in [3.63, 3.8) is 0 Å². The third-order valence-electron chi connectivity index (χ3n) is 3.97. The van der Waals surface area contributed by atoms with E-state index in [4.69, 9.17) is 0 Å². The van der Waals surface area contributed by atoms with Crippen LogP contribution >= 0.6 is 0 Å². The maximum absolute atomic E-state index is 13.6. The van der Waals surface area contributed by atoms with Crippen molar-refractivity contribution >= 4 is 0 Å². The molecular formula is C16H24FN. The molecule has 1 N–H and O–H groups in total. The van der Waals surface area contributed by atoms with E-state index in [2.05, 4.69) is 18.3 Å². The number of benzene rings is 1. The molecule has 0 aromatic heterocycles. The second-order valence-corrected chi connectivity index (χ2v) is 5.47. The van der Waals surface area contributed by atoms with Gasteiger partial charge in [-0.3, -0.25) is 0 Å². The SMILES string of the molecule is CCNC1CCCCCC1c1cc(C)cc(F)c1. The monoisotopic (exact) mass is 249 g/mol. The molecule has 0 bridgehead atoms. The number of hydrogen-bond acceptors (Lipinski definition) is 1. The zero-order valence-corrected chi connectivity index (χ0v) is 11.5. The molecular weight excluding hydrogens is 225 g/mol. The maximum Gasteiger partial charge on any atom is 0.123 e. The number of halogens is 1. The molecule has 2 rings (SSSR count). The van der Waals surface area contributed by atoms with Gasteiger partial charge in [-0.2, -0.15) is 0 Å². The summed E-state index contributed by atoms with van der Waals surface area (Å²) < 4.78 is 13.6. The van der Waals surface area contributed by atoms with Gasteiger partial charge in [0.25, 0.3) is 0 Å². The average molecular weight is 249 g/mol. The van der Waals surface area contributed by atoms with E-state index in [0.29, 0.717) is 12.0 Å². The summed E-state index contributed by atoms with van der Waals surface area (Å²) in [6.07, 6.45) is 6.27. The zero-order valence-electron chi connectivity index (χ0n) is 11.5. The lowest BCUT2D eigenvalue weighted by atomic mass is 9.87. The molecule has 100 valence electrons. The van der Waals surface area contributed by atoms with Crippen LogP contribution in [-0.4, -0.2) is 12.6 Å². The fourth-order valence-corrected chi connectivity index (χ4v) is 3.19. The van der Waals surface area contributed by atoms with E-state index in [1.165, 1.54) is 37.7 Å². The Labute approximate surface area is 110 Å². The first kappa shape index (κ1) is 13.5. The van der Waals surface area contributed by atoms with Crippen LogP contribution in [0.1, 0.15) is 56.1 Å². The fraction of sp³-hybridized carbons (Fsp3) is 0.625. The van der Waals surface area contributed by atoms with E-state index in [-0.39, 0.29) is 5.82 Å². The van der Waals surface area contributed by atoms with Crippen LogP contribution in [0, 0.1) is 12.7 Å². The highest BCUT2D eigenvalue weighted by molar-refractivity contribution is 5.28. The van der Waals surface area contributed by atoms with Gasteiger partial charge in [-0.15, -0.1) is 0 Å². The summed E-state index contributed by atoms with van der Waals surface area (Å²) in [6, 6.07) is 6.01. The lowest BCUT2D eigenvalue weighted by molar-refractivity contribution is 0.418. The third kappa shape index (κ3) is 3.32. The van der Waals surface area contributed by atoms with E-state index < -0.39 is 0 Å². The summed E-state index contributed by atoms with van der Waals surface area (Å²) in [5.74, 6) is 0.381. The van der Waals surface area contributed by atoms with E-state index in [1.54, 1.807) is 12.1 Å². The van der Waals surface area contributed by atoms with Gasteiger partial charge in [0.2, 0.25) is 0 Å². The first-order chi connectivity index (χ1) is 8.70. The van der Waals surface area contributed by atoms with Gasteiger partial charge in [0.05, 0.1) is 0 Å². The van der Waals surface area contributed by atoms with Crippen LogP contribution in [0.15, 0.2) is 18.2 Å². The minimum Gasteiger partial charge on any atom is -0.314 e. The van der Waals surface area contributed by atoms with Gasteiger partial charge >= 0.3 is 0 Å². The van der Waals surface area contributed by atoms with Crippen molar-refractivity contribution in [1.82, 2.24) is 5.32 Å². The van der Waals surface area contributed by atoms with Crippen molar-refractivity contribution in [3.8, 4) is 0 Å². The lowest BCUT2D eigenvalue weighted by Crippen LogP contribution is -2.34. The molecule has 1 aliphatic rings. The predicted molar refractivity (Wildman–Crippen MR) is 74.4 cm³/mol. The van der Waals surface area contributed by atoms with E-state index in [9.17, 15) is 4.39 Å². The predicted octanol–water partition coefficient (Wildman–Crippen LogP) is 4.16. The summed E-state index contributed by atoms with van der Waals surface area (Å²) in [5, 5.41) is 3.59. The highest BCUT2D eigenvalue weighted by Gasteiger charge is 2.24. The van der Waals surface area contributed by atoms with Gasteiger partial charge in [0.1, 0.15) is 5.82 Å². The number of aryl methyl sites for hydroxylation is 1. The first-order valence-corrected chi connectivity index (χ1v) is 7.21. The van der Waals surface area contributed by atoms with Crippen molar-refractivity contribution in [2.75, 3.05) is 6.54 Å². The Morgan fingerprint density at radius 3 is 2.67 bits per heavy atom. The van der Waals surface area contributed by atoms with Crippen LogP contribution in [0.2, 0.25) is 0 Å². The second-order valence-electron chi connectivity index (χ2n) is 5.47. The Hall–Kier alpha value is -0.890. The molecule has 1 aromatic rings. The van der Waals surface area contributed by atoms with E-state index >= 15 is 0 Å². The Morgan fingerprint density at radius 1 is 1.17 bits per heavy atom. The maximum atomic E-state index is 13.6. The number of rotatable bonds is 3. The molecule has 0 saturated heterocycles. The Bertz CT molecular complexity index is 368. The molecule has 0 heterocycles. The topological polar surface area (TPSA) is 12.0 Å². The largest absolute Gasteiger partial charge is 0.314 e. The average Bonchev–Trinajstić information content (AvgIpc) is 2.54. The number of likely N-dealkylation sites (N-methyl/N-ethyl adjacent to an activating group) is 1. The van der Waals surface area contributed by atoms with E-state index in [0.717, 1.165) is 12.1 Å². The quantitative estimate of drug-likeness (QED) is 0.793. The van der Waals surface area contributed by atoms with Crippen LogP contribution < -0.4 is 5.32 Å². The summed E-state index contributed by atoms with van der Waals surface area (Å²) in [5.41, 5.74) is 2.21. The third-order valence-corrected chi connectivity index (χ3v) is 3.97. The van der Waals surface area contributed by atoms with Gasteiger partial charge in [-0.1, -0.05) is 32.3 Å². The molecule has 0 spiro atoms. The Morgan fingerprint density at radius 2 is 1.94 bits per heavy atom. The van der Waals surface area contributed by atoms with E-state index in [1.807, 2.05) is 6.92 Å². The minimum absolute atomic E-state index is 0.0931. The van der Waals surface area contributed by atoms with Gasteiger partial charge in [0.15, 0.2) is 0 Å². The summed E-state index contributed by atoms with van der Waals surface area (Å²) in [7, 11) is 0. The smallest absolute Gasteiger partial charge is 0.123 e. The normalized spacial score (nSPS) is 24.8. The van der Waals surface area contributed by atoms with Crippen molar-refractivity contribution in [2.45, 2.75) is 57.9 Å². The van der Waals surface area contributed by atoms with Crippen LogP contribution in [-0.2, 0) is 0 Å². The van der Waals surface area contributed by atoms with Crippen LogP contribution in [0.4, 0.5) is 4.39 Å². The minimum atomic E-state index is -0.0931. The second kappa shape index (κ2) is 6.33. The molecule has 1 nitrogen and oxygen atoms in total. The Balaban J connectivity index is 2.25. The highest BCUT2D eigenvalue weighted by Crippen LogP contribution is 2.32. The van der Waals surface area contributed by atoms with Crippen molar-refractivity contribution in [2.24, 2.45) is 0 Å². The summed E-state index contributed by atoms with van der Waals surface area (Å²) in [4.78, 5) is 0. The van der Waals surface area contributed by atoms with Gasteiger partial charge in [-0.25, -0.2) is 4.39 Å². The van der Waals surface area contributed by atoms with Gasteiger partial charge < -0.3 is 5.32 Å². The van der Waals surface area contributed by atoms with Crippen LogP contribution in [0.5, 0.6) is 0 Å². The van der Waals surface area contributed by atoms with Crippen molar-refractivity contribution in [3.05, 3.63) is 35.1 Å². The zero-order chi connectivity index (χ0) is 13.0. The molecule has 1 aromatic carbocycles. The van der Waals surface area contributed by atoms with Gasteiger partial charge in [-0.05, 0) is 55.5 Å². The van der Waals surface area contributed by atoms with Gasteiger partial charge in [0, 0.05) is 6.04 Å². The first-order valence-electron chi connectivity index (χ1n) is 7.21.